The van der Waals surface area contributed by atoms with Crippen LogP contribution in [0.1, 0.15) is 21.7 Å². The smallest absolute Gasteiger partial charge is 0.358 e. The fraction of sp³-hybridized carbons (Fsp3) is 0.250. The van der Waals surface area contributed by atoms with Crippen LogP contribution >= 0.6 is 0 Å². The first-order valence-electron chi connectivity index (χ1n) is 5.48. The number of methoxy groups -OCH3 is 1. The van der Waals surface area contributed by atoms with Crippen molar-refractivity contribution in [2.75, 3.05) is 7.11 Å². The molecule has 1 heterocycles. The molecule has 6 nitrogen and oxygen atoms in total. The Balaban J connectivity index is 2.61. The summed E-state index contributed by atoms with van der Waals surface area (Å²) in [6.07, 6.45) is 0. The van der Waals surface area contributed by atoms with E-state index in [0.29, 0.717) is 5.69 Å². The molecule has 0 saturated carbocycles. The minimum Gasteiger partial charge on any atom is -0.476 e. The van der Waals surface area contributed by atoms with Crippen molar-refractivity contribution in [1.82, 2.24) is 15.0 Å². The highest BCUT2D eigenvalue weighted by Gasteiger charge is 2.20. The van der Waals surface area contributed by atoms with Crippen molar-refractivity contribution in [2.45, 2.75) is 13.5 Å². The molecule has 0 aliphatic carbocycles. The van der Waals surface area contributed by atoms with E-state index in [1.165, 1.54) is 23.9 Å². The van der Waals surface area contributed by atoms with Gasteiger partial charge in [0.1, 0.15) is 11.5 Å². The van der Waals surface area contributed by atoms with Crippen molar-refractivity contribution in [3.63, 3.8) is 0 Å². The van der Waals surface area contributed by atoms with Crippen LogP contribution in [0.2, 0.25) is 0 Å². The lowest BCUT2D eigenvalue weighted by atomic mass is 10.2. The fourth-order valence-corrected chi connectivity index (χ4v) is 1.74. The quantitative estimate of drug-likeness (QED) is 0.907. The van der Waals surface area contributed by atoms with Gasteiger partial charge in [-0.05, 0) is 24.6 Å². The Morgan fingerprint density at radius 3 is 2.89 bits per heavy atom. The third-order valence-corrected chi connectivity index (χ3v) is 2.65. The molecule has 0 aliphatic heterocycles. The van der Waals surface area contributed by atoms with Gasteiger partial charge in [0.2, 0.25) is 0 Å². The fourth-order valence-electron chi connectivity index (χ4n) is 1.74. The normalized spacial score (nSPS) is 10.7. The van der Waals surface area contributed by atoms with Gasteiger partial charge in [-0.15, -0.1) is 5.10 Å². The molecule has 2 aromatic rings. The molecule has 0 saturated heterocycles. The number of carboxylic acids is 1. The Kier molecular flexibility index (Phi) is 3.57. The lowest BCUT2D eigenvalue weighted by molar-refractivity contribution is 0.0685. The van der Waals surface area contributed by atoms with E-state index in [4.69, 9.17) is 9.84 Å². The molecule has 0 unspecified atom stereocenters. The second-order valence-electron chi connectivity index (χ2n) is 3.97. The number of nitrogens with zero attached hydrogens (tertiary/aromatic N) is 3. The second kappa shape index (κ2) is 5.15. The summed E-state index contributed by atoms with van der Waals surface area (Å²) in [4.78, 5) is 11.0. The Morgan fingerprint density at radius 1 is 1.53 bits per heavy atom. The summed E-state index contributed by atoms with van der Waals surface area (Å²) in [6.45, 7) is 1.79. The molecule has 0 spiro atoms. The number of aryl methyl sites for hydroxylation is 1. The number of hydrogen-bond acceptors (Lipinski definition) is 4. The maximum atomic E-state index is 13.3. The zero-order valence-corrected chi connectivity index (χ0v) is 10.4. The molecule has 0 aliphatic rings. The molecule has 100 valence electrons. The molecule has 0 radical (unpaired) electrons. The zero-order valence-electron chi connectivity index (χ0n) is 10.4. The lowest BCUT2D eigenvalue weighted by Gasteiger charge is -2.09. The summed E-state index contributed by atoms with van der Waals surface area (Å²) in [5, 5.41) is 16.4. The first-order valence-corrected chi connectivity index (χ1v) is 5.48. The topological polar surface area (TPSA) is 77.2 Å². The molecule has 19 heavy (non-hydrogen) atoms. The number of hydrogen-bond donors (Lipinski definition) is 1. The maximum Gasteiger partial charge on any atom is 0.358 e. The first-order chi connectivity index (χ1) is 9.04. The van der Waals surface area contributed by atoms with Gasteiger partial charge < -0.3 is 9.84 Å². The molecule has 7 heteroatoms. The van der Waals surface area contributed by atoms with Gasteiger partial charge in [-0.2, -0.15) is 0 Å². The number of ether oxygens (including phenoxy) is 1. The summed E-state index contributed by atoms with van der Waals surface area (Å²) < 4.78 is 19.5. The van der Waals surface area contributed by atoms with E-state index in [1.807, 2.05) is 0 Å². The van der Waals surface area contributed by atoms with Crippen LogP contribution in [0.25, 0.3) is 5.69 Å². The molecule has 1 aromatic carbocycles. The van der Waals surface area contributed by atoms with Crippen LogP contribution in [0.5, 0.6) is 0 Å². The number of rotatable bonds is 4. The molecule has 1 N–H and O–H groups in total. The number of halogens is 1. The standard InChI is InChI=1S/C12H12FN3O3/c1-7-3-4-8(13)5-9(7)16-10(6-19-2)11(12(17)18)14-15-16/h3-5H,6H2,1-2H3,(H,17,18). The number of aromatic nitrogens is 3. The minimum atomic E-state index is -1.20. The third-order valence-electron chi connectivity index (χ3n) is 2.65. The molecule has 0 bridgehead atoms. The molecule has 2 rings (SSSR count). The Labute approximate surface area is 108 Å². The van der Waals surface area contributed by atoms with Gasteiger partial charge in [-0.25, -0.2) is 13.9 Å². The molecular formula is C12H12FN3O3. The van der Waals surface area contributed by atoms with Crippen molar-refractivity contribution in [3.05, 3.63) is 41.0 Å². The van der Waals surface area contributed by atoms with Crippen LogP contribution < -0.4 is 0 Å². The van der Waals surface area contributed by atoms with Crippen LogP contribution in [0.3, 0.4) is 0 Å². The maximum absolute atomic E-state index is 13.3. The first kappa shape index (κ1) is 13.2. The van der Waals surface area contributed by atoms with E-state index in [-0.39, 0.29) is 18.0 Å². The third kappa shape index (κ3) is 2.45. The molecule has 0 atom stereocenters. The van der Waals surface area contributed by atoms with Crippen LogP contribution in [-0.4, -0.2) is 33.2 Å². The van der Waals surface area contributed by atoms with E-state index in [9.17, 15) is 9.18 Å². The van der Waals surface area contributed by atoms with Gasteiger partial charge in [-0.3, -0.25) is 0 Å². The molecule has 0 amide bonds. The van der Waals surface area contributed by atoms with Crippen LogP contribution in [0, 0.1) is 12.7 Å². The van der Waals surface area contributed by atoms with Gasteiger partial charge in [0.25, 0.3) is 0 Å². The second-order valence-corrected chi connectivity index (χ2v) is 3.97. The van der Waals surface area contributed by atoms with Gasteiger partial charge in [0, 0.05) is 7.11 Å². The highest BCUT2D eigenvalue weighted by atomic mass is 19.1. The van der Waals surface area contributed by atoms with Gasteiger partial charge >= 0.3 is 5.97 Å². The zero-order chi connectivity index (χ0) is 14.0. The van der Waals surface area contributed by atoms with Crippen molar-refractivity contribution in [1.29, 1.82) is 0 Å². The Bertz CT molecular complexity index is 625. The van der Waals surface area contributed by atoms with Crippen LogP contribution in [0.15, 0.2) is 18.2 Å². The van der Waals surface area contributed by atoms with E-state index in [0.717, 1.165) is 5.56 Å². The SMILES string of the molecule is COCc1c(C(=O)O)nnn1-c1cc(F)ccc1C. The van der Waals surface area contributed by atoms with E-state index in [2.05, 4.69) is 10.3 Å². The van der Waals surface area contributed by atoms with Crippen molar-refractivity contribution in [3.8, 4) is 5.69 Å². The highest BCUT2D eigenvalue weighted by molar-refractivity contribution is 5.86. The summed E-state index contributed by atoms with van der Waals surface area (Å²) >= 11 is 0. The summed E-state index contributed by atoms with van der Waals surface area (Å²) in [6, 6.07) is 4.18. The summed E-state index contributed by atoms with van der Waals surface area (Å²) in [7, 11) is 1.43. The van der Waals surface area contributed by atoms with E-state index in [1.54, 1.807) is 13.0 Å². The Hall–Kier alpha value is -2.28. The van der Waals surface area contributed by atoms with Gasteiger partial charge in [0.15, 0.2) is 5.69 Å². The number of carbonyl (C=O) groups is 1. The summed E-state index contributed by atoms with van der Waals surface area (Å²) in [5.74, 6) is -1.64. The average Bonchev–Trinajstić information content (AvgIpc) is 2.76. The lowest BCUT2D eigenvalue weighted by Crippen LogP contribution is -2.09. The van der Waals surface area contributed by atoms with Crippen molar-refractivity contribution < 1.29 is 19.0 Å². The number of carboxylic acid groups (broad SMARTS) is 1. The van der Waals surface area contributed by atoms with Crippen LogP contribution in [0.4, 0.5) is 4.39 Å². The van der Waals surface area contributed by atoms with Crippen molar-refractivity contribution >= 4 is 5.97 Å². The number of benzene rings is 1. The molecule has 0 fully saturated rings. The van der Waals surface area contributed by atoms with Crippen LogP contribution in [-0.2, 0) is 11.3 Å². The van der Waals surface area contributed by atoms with Gasteiger partial charge in [-0.1, -0.05) is 11.3 Å². The van der Waals surface area contributed by atoms with E-state index < -0.39 is 11.8 Å². The largest absolute Gasteiger partial charge is 0.476 e. The number of aromatic carboxylic acids is 1. The predicted molar refractivity (Wildman–Crippen MR) is 63.7 cm³/mol. The Morgan fingerprint density at radius 2 is 2.26 bits per heavy atom. The minimum absolute atomic E-state index is 0.0184. The summed E-state index contributed by atoms with van der Waals surface area (Å²) in [5.41, 5.74) is 1.25. The highest BCUT2D eigenvalue weighted by Crippen LogP contribution is 2.19. The monoisotopic (exact) mass is 265 g/mol. The predicted octanol–water partition coefficient (Wildman–Crippen LogP) is 1.56. The molecular weight excluding hydrogens is 253 g/mol. The van der Waals surface area contributed by atoms with E-state index >= 15 is 0 Å². The van der Waals surface area contributed by atoms with Gasteiger partial charge in [0.05, 0.1) is 12.3 Å². The average molecular weight is 265 g/mol. The molecule has 1 aromatic heterocycles. The van der Waals surface area contributed by atoms with Crippen molar-refractivity contribution in [2.24, 2.45) is 0 Å².